The van der Waals surface area contributed by atoms with Crippen LogP contribution in [-0.2, 0) is 14.8 Å². The van der Waals surface area contributed by atoms with Gasteiger partial charge in [-0.2, -0.15) is 0 Å². The van der Waals surface area contributed by atoms with E-state index in [0.717, 1.165) is 0 Å². The van der Waals surface area contributed by atoms with Crippen LogP contribution in [0.25, 0.3) is 0 Å². The summed E-state index contributed by atoms with van der Waals surface area (Å²) in [5.74, 6) is -1.12. The summed E-state index contributed by atoms with van der Waals surface area (Å²) in [7, 11) is -3.92. The Hall–Kier alpha value is -2.09. The lowest BCUT2D eigenvalue weighted by atomic mass is 10.2. The van der Waals surface area contributed by atoms with Gasteiger partial charge in [-0.05, 0) is 24.3 Å². The smallest absolute Gasteiger partial charge is 0.269 e. The van der Waals surface area contributed by atoms with Crippen molar-refractivity contribution in [2.45, 2.75) is 11.3 Å². The van der Waals surface area contributed by atoms with Crippen molar-refractivity contribution in [3.05, 3.63) is 58.1 Å². The minimum atomic E-state index is -3.92. The maximum Gasteiger partial charge on any atom is 0.269 e. The van der Waals surface area contributed by atoms with Crippen molar-refractivity contribution in [2.75, 3.05) is 11.9 Å². The number of rotatable bonds is 4. The zero-order valence-corrected chi connectivity index (χ0v) is 15.0. The Morgan fingerprint density at radius 3 is 2.52 bits per heavy atom. The Balaban J connectivity index is 1.71. The Morgan fingerprint density at radius 1 is 1.08 bits per heavy atom. The number of carbonyl (C=O) groups excluding carboxylic acids is 2. The van der Waals surface area contributed by atoms with E-state index in [9.17, 15) is 18.0 Å². The molecule has 1 heterocycles. The highest BCUT2D eigenvalue weighted by Gasteiger charge is 2.40. The molecule has 2 amide bonds. The van der Waals surface area contributed by atoms with Crippen molar-refractivity contribution >= 4 is 50.7 Å². The largest absolute Gasteiger partial charge is 0.325 e. The molecule has 0 saturated carbocycles. The minimum absolute atomic E-state index is 0.0432. The van der Waals surface area contributed by atoms with Gasteiger partial charge in [0.15, 0.2) is 0 Å². The molecular weight excluding hydrogens is 387 g/mol. The molecule has 1 N–H and O–H groups in total. The van der Waals surface area contributed by atoms with E-state index in [-0.39, 0.29) is 33.5 Å². The Labute approximate surface area is 154 Å². The van der Waals surface area contributed by atoms with Gasteiger partial charge in [-0.1, -0.05) is 41.4 Å². The van der Waals surface area contributed by atoms with Gasteiger partial charge in [0.1, 0.15) is 4.90 Å². The number of carbonyl (C=O) groups is 2. The van der Waals surface area contributed by atoms with E-state index < -0.39 is 21.8 Å². The fraction of sp³-hybridized carbons (Fsp3) is 0.125. The fourth-order valence-electron chi connectivity index (χ4n) is 2.47. The van der Waals surface area contributed by atoms with E-state index in [1.54, 1.807) is 30.3 Å². The average Bonchev–Trinajstić information content (AvgIpc) is 2.77. The van der Waals surface area contributed by atoms with E-state index in [4.69, 9.17) is 23.2 Å². The predicted molar refractivity (Wildman–Crippen MR) is 94.4 cm³/mol. The van der Waals surface area contributed by atoms with Crippen molar-refractivity contribution in [1.82, 2.24) is 4.31 Å². The molecule has 6 nitrogen and oxygen atoms in total. The Morgan fingerprint density at radius 2 is 1.80 bits per heavy atom. The first-order chi connectivity index (χ1) is 11.8. The maximum atomic E-state index is 12.4. The van der Waals surface area contributed by atoms with Crippen molar-refractivity contribution in [1.29, 1.82) is 0 Å². The molecule has 0 unspecified atom stereocenters. The van der Waals surface area contributed by atoms with Crippen molar-refractivity contribution < 1.29 is 18.0 Å². The van der Waals surface area contributed by atoms with Gasteiger partial charge in [-0.15, -0.1) is 0 Å². The van der Waals surface area contributed by atoms with Crippen LogP contribution in [0.15, 0.2) is 47.4 Å². The topological polar surface area (TPSA) is 83.6 Å². The van der Waals surface area contributed by atoms with Crippen LogP contribution in [0.2, 0.25) is 10.0 Å². The number of benzene rings is 2. The molecule has 2 aromatic rings. The monoisotopic (exact) mass is 398 g/mol. The van der Waals surface area contributed by atoms with Gasteiger partial charge in [0.25, 0.3) is 15.9 Å². The zero-order valence-electron chi connectivity index (χ0n) is 12.7. The van der Waals surface area contributed by atoms with Crippen LogP contribution < -0.4 is 5.32 Å². The highest BCUT2D eigenvalue weighted by Crippen LogP contribution is 2.31. The molecule has 0 spiro atoms. The number of hydrogen-bond donors (Lipinski definition) is 1. The molecule has 1 aliphatic heterocycles. The fourth-order valence-corrected chi connectivity index (χ4v) is 4.39. The number of nitrogens with one attached hydrogen (secondary N) is 1. The third kappa shape index (κ3) is 3.22. The molecule has 0 radical (unpaired) electrons. The molecule has 3 rings (SSSR count). The molecular formula is C16H12Cl2N2O4S. The highest BCUT2D eigenvalue weighted by molar-refractivity contribution is 7.90. The van der Waals surface area contributed by atoms with Gasteiger partial charge in [0.05, 0.1) is 21.3 Å². The molecule has 0 bridgehead atoms. The molecule has 2 aromatic carbocycles. The van der Waals surface area contributed by atoms with Gasteiger partial charge in [-0.25, -0.2) is 12.7 Å². The molecule has 0 saturated heterocycles. The molecule has 0 atom stereocenters. The summed E-state index contributed by atoms with van der Waals surface area (Å²) in [6.07, 6.45) is -0.207. The van der Waals surface area contributed by atoms with E-state index in [2.05, 4.69) is 5.32 Å². The van der Waals surface area contributed by atoms with Gasteiger partial charge in [0.2, 0.25) is 5.91 Å². The standard InChI is InChI=1S/C16H12Cl2N2O4S/c17-11-5-3-6-12(15(11)18)19-14(21)8-9-20-16(22)10-4-1-2-7-13(10)25(20,23)24/h1-7H,8-9H2,(H,19,21). The normalized spacial score (nSPS) is 15.1. The second kappa shape index (κ2) is 6.67. The van der Waals surface area contributed by atoms with Crippen molar-refractivity contribution in [3.8, 4) is 0 Å². The quantitative estimate of drug-likeness (QED) is 0.856. The van der Waals surface area contributed by atoms with Gasteiger partial charge < -0.3 is 5.32 Å². The molecule has 9 heteroatoms. The third-order valence-electron chi connectivity index (χ3n) is 3.68. The van der Waals surface area contributed by atoms with Crippen molar-refractivity contribution in [2.24, 2.45) is 0 Å². The summed E-state index contributed by atoms with van der Waals surface area (Å²) in [4.78, 5) is 24.3. The SMILES string of the molecule is O=C(CCN1C(=O)c2ccccc2S1(=O)=O)Nc1cccc(Cl)c1Cl. The van der Waals surface area contributed by atoms with E-state index in [0.29, 0.717) is 9.99 Å². The third-order valence-corrected chi connectivity index (χ3v) is 6.34. The van der Waals surface area contributed by atoms with Gasteiger partial charge in [-0.3, -0.25) is 9.59 Å². The summed E-state index contributed by atoms with van der Waals surface area (Å²) in [6.45, 7) is -0.264. The van der Waals surface area contributed by atoms with Crippen LogP contribution in [-0.4, -0.2) is 31.1 Å². The first-order valence-electron chi connectivity index (χ1n) is 7.22. The Kier molecular flexibility index (Phi) is 4.73. The highest BCUT2D eigenvalue weighted by atomic mass is 35.5. The van der Waals surface area contributed by atoms with Crippen LogP contribution in [0.5, 0.6) is 0 Å². The number of amides is 2. The number of halogens is 2. The number of anilines is 1. The summed E-state index contributed by atoms with van der Waals surface area (Å²) in [6, 6.07) is 10.7. The molecule has 25 heavy (non-hydrogen) atoms. The van der Waals surface area contributed by atoms with E-state index in [1.807, 2.05) is 0 Å². The molecule has 0 fully saturated rings. The van der Waals surface area contributed by atoms with Gasteiger partial charge in [0, 0.05) is 13.0 Å². The van der Waals surface area contributed by atoms with Gasteiger partial charge >= 0.3 is 0 Å². The van der Waals surface area contributed by atoms with Crippen LogP contribution in [0.1, 0.15) is 16.8 Å². The summed E-state index contributed by atoms with van der Waals surface area (Å²) in [5.41, 5.74) is 0.429. The molecule has 1 aliphatic rings. The molecule has 130 valence electrons. The van der Waals surface area contributed by atoms with E-state index in [1.165, 1.54) is 12.1 Å². The van der Waals surface area contributed by atoms with E-state index >= 15 is 0 Å². The maximum absolute atomic E-state index is 12.4. The molecule has 0 aromatic heterocycles. The van der Waals surface area contributed by atoms with Crippen LogP contribution in [0.4, 0.5) is 5.69 Å². The first-order valence-corrected chi connectivity index (χ1v) is 9.42. The first kappa shape index (κ1) is 17.7. The zero-order chi connectivity index (χ0) is 18.2. The Bertz CT molecular complexity index is 976. The second-order valence-electron chi connectivity index (χ2n) is 5.28. The second-order valence-corrected chi connectivity index (χ2v) is 7.89. The minimum Gasteiger partial charge on any atom is -0.325 e. The summed E-state index contributed by atoms with van der Waals surface area (Å²) >= 11 is 11.9. The lowest BCUT2D eigenvalue weighted by Gasteiger charge is -2.15. The molecule has 0 aliphatic carbocycles. The number of sulfonamides is 1. The lowest BCUT2D eigenvalue weighted by molar-refractivity contribution is -0.116. The number of fused-ring (bicyclic) bond motifs is 1. The van der Waals surface area contributed by atoms with Crippen molar-refractivity contribution in [3.63, 3.8) is 0 Å². The van der Waals surface area contributed by atoms with Crippen LogP contribution >= 0.6 is 23.2 Å². The number of hydrogen-bond acceptors (Lipinski definition) is 4. The lowest BCUT2D eigenvalue weighted by Crippen LogP contribution is -2.33. The average molecular weight is 399 g/mol. The van der Waals surface area contributed by atoms with Crippen LogP contribution in [0, 0.1) is 0 Å². The number of nitrogens with zero attached hydrogens (tertiary/aromatic N) is 1. The summed E-state index contributed by atoms with van der Waals surface area (Å²) in [5, 5.41) is 3.02. The van der Waals surface area contributed by atoms with Crippen LogP contribution in [0.3, 0.4) is 0 Å². The summed E-state index contributed by atoms with van der Waals surface area (Å²) < 4.78 is 25.5. The predicted octanol–water partition coefficient (Wildman–Crippen LogP) is 3.17.